The Morgan fingerprint density at radius 3 is 2.65 bits per heavy atom. The Hall–Kier alpha value is -1.76. The second-order valence-corrected chi connectivity index (χ2v) is 4.60. The molecule has 1 fully saturated rings. The molecule has 1 amide bonds. The largest absolute Gasteiger partial charge is 0.573 e. The summed E-state index contributed by atoms with van der Waals surface area (Å²) in [6.45, 7) is 0.196. The molecule has 0 spiro atoms. The third kappa shape index (κ3) is 5.08. The second kappa shape index (κ2) is 6.13. The molecule has 1 aliphatic carbocycles. The quantitative estimate of drug-likeness (QED) is 0.841. The normalized spacial score (nSPS) is 14.9. The van der Waals surface area contributed by atoms with Crippen LogP contribution in [0, 0.1) is 0 Å². The fourth-order valence-electron chi connectivity index (χ4n) is 1.69. The molecule has 7 heteroatoms. The average molecular weight is 288 g/mol. The summed E-state index contributed by atoms with van der Waals surface area (Å²) in [5.41, 5.74) is 0.351. The molecule has 0 unspecified atom stereocenters. The fraction of sp³-hybridized carbons (Fsp3) is 0.462. The van der Waals surface area contributed by atoms with E-state index in [1.807, 2.05) is 0 Å². The van der Waals surface area contributed by atoms with E-state index in [9.17, 15) is 18.0 Å². The monoisotopic (exact) mass is 288 g/mol. The first-order chi connectivity index (χ1) is 9.44. The van der Waals surface area contributed by atoms with Gasteiger partial charge in [0, 0.05) is 18.2 Å². The third-order valence-corrected chi connectivity index (χ3v) is 2.74. The van der Waals surface area contributed by atoms with Crippen molar-refractivity contribution in [1.29, 1.82) is 0 Å². The minimum atomic E-state index is -4.72. The number of amides is 1. The predicted octanol–water partition coefficient (Wildman–Crippen LogP) is 1.95. The molecule has 2 rings (SSSR count). The highest BCUT2D eigenvalue weighted by Gasteiger charge is 2.31. The predicted molar refractivity (Wildman–Crippen MR) is 66.0 cm³/mol. The van der Waals surface area contributed by atoms with Gasteiger partial charge in [-0.15, -0.1) is 13.2 Å². The topological polar surface area (TPSA) is 50.4 Å². The molecule has 1 saturated carbocycles. The fourth-order valence-corrected chi connectivity index (χ4v) is 1.69. The molecule has 2 N–H and O–H groups in total. The molecule has 0 aliphatic heterocycles. The molecule has 1 aromatic rings. The molecule has 110 valence electrons. The average Bonchev–Trinajstić information content (AvgIpc) is 3.13. The lowest BCUT2D eigenvalue weighted by molar-refractivity contribution is -0.274. The summed E-state index contributed by atoms with van der Waals surface area (Å²) in [4.78, 5) is 11.4. The Balaban J connectivity index is 1.83. The molecule has 0 bridgehead atoms. The van der Waals surface area contributed by atoms with Crippen molar-refractivity contribution in [2.24, 2.45) is 0 Å². The molecular weight excluding hydrogens is 273 g/mol. The van der Waals surface area contributed by atoms with E-state index in [2.05, 4.69) is 15.4 Å². The van der Waals surface area contributed by atoms with Crippen LogP contribution in [0.25, 0.3) is 0 Å². The van der Waals surface area contributed by atoms with Gasteiger partial charge in [0.15, 0.2) is 0 Å². The van der Waals surface area contributed by atoms with Crippen molar-refractivity contribution in [2.45, 2.75) is 31.8 Å². The number of carbonyl (C=O) groups excluding carboxylic acids is 1. The van der Waals surface area contributed by atoms with E-state index in [0.717, 1.165) is 12.8 Å². The standard InChI is InChI=1S/C13H15F3N2O2/c14-13(15,16)20-11-4-2-1-3-9(11)7-17-8-12(19)18-10-5-6-10/h1-4,10,17H,5-8H2,(H,18,19). The zero-order chi connectivity index (χ0) is 14.6. The molecule has 0 saturated heterocycles. The molecule has 20 heavy (non-hydrogen) atoms. The van der Waals surface area contributed by atoms with Gasteiger partial charge < -0.3 is 15.4 Å². The molecule has 0 radical (unpaired) electrons. The van der Waals surface area contributed by atoms with Crippen LogP contribution in [0.5, 0.6) is 5.75 Å². The van der Waals surface area contributed by atoms with Crippen molar-refractivity contribution in [3.63, 3.8) is 0 Å². The van der Waals surface area contributed by atoms with E-state index in [1.165, 1.54) is 18.2 Å². The van der Waals surface area contributed by atoms with Gasteiger partial charge in [-0.05, 0) is 18.9 Å². The van der Waals surface area contributed by atoms with Gasteiger partial charge in [-0.25, -0.2) is 0 Å². The summed E-state index contributed by atoms with van der Waals surface area (Å²) >= 11 is 0. The van der Waals surface area contributed by atoms with Crippen molar-refractivity contribution in [3.05, 3.63) is 29.8 Å². The lowest BCUT2D eigenvalue weighted by Crippen LogP contribution is -2.34. The molecule has 0 aromatic heterocycles. The Morgan fingerprint density at radius 1 is 1.30 bits per heavy atom. The number of ether oxygens (including phenoxy) is 1. The maximum absolute atomic E-state index is 12.2. The first-order valence-corrected chi connectivity index (χ1v) is 6.28. The van der Waals surface area contributed by atoms with Crippen LogP contribution in [-0.2, 0) is 11.3 Å². The number of halogens is 3. The summed E-state index contributed by atoms with van der Waals surface area (Å²) in [5.74, 6) is -0.406. The lowest BCUT2D eigenvalue weighted by Gasteiger charge is -2.13. The van der Waals surface area contributed by atoms with E-state index in [4.69, 9.17) is 0 Å². The Labute approximate surface area is 114 Å². The summed E-state index contributed by atoms with van der Waals surface area (Å²) in [6, 6.07) is 6.11. The summed E-state index contributed by atoms with van der Waals surface area (Å²) in [5, 5.41) is 5.58. The first-order valence-electron chi connectivity index (χ1n) is 6.28. The van der Waals surface area contributed by atoms with Gasteiger partial charge in [0.2, 0.25) is 5.91 Å². The van der Waals surface area contributed by atoms with Gasteiger partial charge in [-0.1, -0.05) is 18.2 Å². The number of rotatable bonds is 6. The zero-order valence-corrected chi connectivity index (χ0v) is 10.7. The van der Waals surface area contributed by atoms with Crippen LogP contribution in [0.4, 0.5) is 13.2 Å². The van der Waals surface area contributed by atoms with Gasteiger partial charge in [0.25, 0.3) is 0 Å². The number of carbonyl (C=O) groups is 1. The van der Waals surface area contributed by atoms with Crippen LogP contribution in [0.15, 0.2) is 24.3 Å². The van der Waals surface area contributed by atoms with E-state index in [0.29, 0.717) is 5.56 Å². The van der Waals surface area contributed by atoms with Crippen molar-refractivity contribution >= 4 is 5.91 Å². The summed E-state index contributed by atoms with van der Waals surface area (Å²) in [7, 11) is 0. The highest BCUT2D eigenvalue weighted by Crippen LogP contribution is 2.26. The van der Waals surface area contributed by atoms with Crippen molar-refractivity contribution in [2.75, 3.05) is 6.54 Å². The van der Waals surface area contributed by atoms with Crippen LogP contribution in [0.2, 0.25) is 0 Å². The number of benzene rings is 1. The maximum Gasteiger partial charge on any atom is 0.573 e. The van der Waals surface area contributed by atoms with E-state index in [-0.39, 0.29) is 30.8 Å². The van der Waals surface area contributed by atoms with E-state index >= 15 is 0 Å². The SMILES string of the molecule is O=C(CNCc1ccccc1OC(F)(F)F)NC1CC1. The highest BCUT2D eigenvalue weighted by molar-refractivity contribution is 5.78. The minimum absolute atomic E-state index is 0.0663. The van der Waals surface area contributed by atoms with Gasteiger partial charge in [0.05, 0.1) is 6.54 Å². The van der Waals surface area contributed by atoms with Crippen molar-refractivity contribution in [1.82, 2.24) is 10.6 Å². The summed E-state index contributed by atoms with van der Waals surface area (Å²) in [6.07, 6.45) is -2.73. The lowest BCUT2D eigenvalue weighted by atomic mass is 10.2. The van der Waals surface area contributed by atoms with Crippen LogP contribution in [-0.4, -0.2) is 24.9 Å². The number of nitrogens with one attached hydrogen (secondary N) is 2. The Kier molecular flexibility index (Phi) is 4.49. The van der Waals surface area contributed by atoms with Crippen molar-refractivity contribution < 1.29 is 22.7 Å². The summed E-state index contributed by atoms with van der Waals surface area (Å²) < 4.78 is 40.6. The number of alkyl halides is 3. The smallest absolute Gasteiger partial charge is 0.405 e. The van der Waals surface area contributed by atoms with Crippen LogP contribution >= 0.6 is 0 Å². The number of hydrogen-bond donors (Lipinski definition) is 2. The van der Waals surface area contributed by atoms with Gasteiger partial charge >= 0.3 is 6.36 Å². The molecule has 1 aliphatic rings. The van der Waals surface area contributed by atoms with Gasteiger partial charge in [-0.2, -0.15) is 0 Å². The molecular formula is C13H15F3N2O2. The van der Waals surface area contributed by atoms with E-state index in [1.54, 1.807) is 6.07 Å². The first kappa shape index (κ1) is 14.6. The van der Waals surface area contributed by atoms with Gasteiger partial charge in [0.1, 0.15) is 5.75 Å². The third-order valence-electron chi connectivity index (χ3n) is 2.74. The molecule has 0 atom stereocenters. The van der Waals surface area contributed by atoms with Crippen LogP contribution < -0.4 is 15.4 Å². The Bertz CT molecular complexity index is 473. The van der Waals surface area contributed by atoms with E-state index < -0.39 is 6.36 Å². The Morgan fingerprint density at radius 2 is 2.00 bits per heavy atom. The van der Waals surface area contributed by atoms with Gasteiger partial charge in [-0.3, -0.25) is 4.79 Å². The molecule has 1 aromatic carbocycles. The van der Waals surface area contributed by atoms with Crippen LogP contribution in [0.3, 0.4) is 0 Å². The molecule has 4 nitrogen and oxygen atoms in total. The highest BCUT2D eigenvalue weighted by atomic mass is 19.4. The van der Waals surface area contributed by atoms with Crippen molar-refractivity contribution in [3.8, 4) is 5.75 Å². The zero-order valence-electron chi connectivity index (χ0n) is 10.7. The number of para-hydroxylation sites is 1. The minimum Gasteiger partial charge on any atom is -0.405 e. The number of hydrogen-bond acceptors (Lipinski definition) is 3. The maximum atomic E-state index is 12.2. The second-order valence-electron chi connectivity index (χ2n) is 4.60. The van der Waals surface area contributed by atoms with Crippen LogP contribution in [0.1, 0.15) is 18.4 Å². The molecule has 0 heterocycles.